The van der Waals surface area contributed by atoms with Crippen LogP contribution in [0.1, 0.15) is 21.7 Å². The van der Waals surface area contributed by atoms with Gasteiger partial charge in [0.15, 0.2) is 9.84 Å². The average molecular weight is 341 g/mol. The Morgan fingerprint density at radius 3 is 2.73 bits per heavy atom. The van der Waals surface area contributed by atoms with Gasteiger partial charge in [0.25, 0.3) is 5.91 Å². The summed E-state index contributed by atoms with van der Waals surface area (Å²) in [6.07, 6.45) is 0.461. The number of hydrogen-bond donors (Lipinski definition) is 0. The Hall–Kier alpha value is -1.47. The van der Waals surface area contributed by atoms with E-state index in [0.717, 1.165) is 4.70 Å². The molecule has 1 atom stereocenters. The number of rotatable bonds is 2. The quantitative estimate of drug-likeness (QED) is 0.844. The largest absolute Gasteiger partial charge is 0.337 e. The smallest absolute Gasteiger partial charge is 0.264 e. The van der Waals surface area contributed by atoms with Crippen LogP contribution in [0.4, 0.5) is 4.39 Å². The predicted octanol–water partition coefficient (Wildman–Crippen LogP) is 2.61. The van der Waals surface area contributed by atoms with Crippen molar-refractivity contribution in [2.45, 2.75) is 19.4 Å². The third-order valence-electron chi connectivity index (χ3n) is 4.17. The van der Waals surface area contributed by atoms with Gasteiger partial charge in [0.2, 0.25) is 0 Å². The molecule has 4 nitrogen and oxygen atoms in total. The van der Waals surface area contributed by atoms with Gasteiger partial charge >= 0.3 is 0 Å². The summed E-state index contributed by atoms with van der Waals surface area (Å²) in [6, 6.07) is 4.48. The van der Waals surface area contributed by atoms with E-state index in [1.54, 1.807) is 26.1 Å². The molecule has 1 aromatic heterocycles. The van der Waals surface area contributed by atoms with E-state index in [4.69, 9.17) is 0 Å². The molecule has 0 spiro atoms. The molecule has 7 heteroatoms. The highest BCUT2D eigenvalue weighted by atomic mass is 32.2. The molecular weight excluding hydrogens is 325 g/mol. The van der Waals surface area contributed by atoms with Crippen molar-refractivity contribution in [2.75, 3.05) is 18.6 Å². The van der Waals surface area contributed by atoms with Gasteiger partial charge in [-0.2, -0.15) is 0 Å². The number of sulfone groups is 1. The number of nitrogens with zero attached hydrogens (tertiary/aromatic N) is 1. The van der Waals surface area contributed by atoms with Gasteiger partial charge in [-0.15, -0.1) is 11.3 Å². The Balaban J connectivity index is 1.96. The molecule has 1 aliphatic rings. The Morgan fingerprint density at radius 2 is 2.14 bits per heavy atom. The van der Waals surface area contributed by atoms with Crippen LogP contribution in [0.15, 0.2) is 18.2 Å². The van der Waals surface area contributed by atoms with Crippen molar-refractivity contribution in [1.29, 1.82) is 0 Å². The van der Waals surface area contributed by atoms with E-state index in [1.165, 1.54) is 22.3 Å². The van der Waals surface area contributed by atoms with Gasteiger partial charge in [-0.25, -0.2) is 12.8 Å². The van der Waals surface area contributed by atoms with Gasteiger partial charge in [0, 0.05) is 23.2 Å². The first kappa shape index (κ1) is 15.4. The summed E-state index contributed by atoms with van der Waals surface area (Å²) in [5.74, 6) is -0.445. The Bertz CT molecular complexity index is 857. The van der Waals surface area contributed by atoms with E-state index in [-0.39, 0.29) is 29.3 Å². The van der Waals surface area contributed by atoms with Gasteiger partial charge in [0.05, 0.1) is 16.4 Å². The zero-order valence-corrected chi connectivity index (χ0v) is 13.9. The summed E-state index contributed by atoms with van der Waals surface area (Å²) in [6.45, 7) is 1.73. The molecule has 0 aliphatic carbocycles. The minimum absolute atomic E-state index is 0.00748. The van der Waals surface area contributed by atoms with Crippen LogP contribution in [0.3, 0.4) is 0 Å². The fraction of sp³-hybridized carbons (Fsp3) is 0.400. The van der Waals surface area contributed by atoms with E-state index < -0.39 is 9.84 Å². The van der Waals surface area contributed by atoms with Gasteiger partial charge in [-0.1, -0.05) is 6.07 Å². The second-order valence-corrected chi connectivity index (χ2v) is 8.92. The van der Waals surface area contributed by atoms with Crippen molar-refractivity contribution in [2.24, 2.45) is 0 Å². The topological polar surface area (TPSA) is 54.5 Å². The molecule has 22 heavy (non-hydrogen) atoms. The molecule has 0 unspecified atom stereocenters. The molecule has 1 fully saturated rings. The molecule has 2 heterocycles. The van der Waals surface area contributed by atoms with Crippen LogP contribution in [-0.4, -0.2) is 43.8 Å². The summed E-state index contributed by atoms with van der Waals surface area (Å²) in [7, 11) is -1.43. The van der Waals surface area contributed by atoms with Crippen LogP contribution < -0.4 is 0 Å². The minimum Gasteiger partial charge on any atom is -0.337 e. The maximum Gasteiger partial charge on any atom is 0.264 e. The standard InChI is InChI=1S/C15H16FNO3S2/c1-9-13-11(16)4-3-5-12(13)21-14(9)15(18)17(2)10-6-7-22(19,20)8-10/h3-5,10H,6-8H2,1-2H3/t10-/m1/s1. The predicted molar refractivity (Wildman–Crippen MR) is 85.7 cm³/mol. The molecule has 2 aromatic rings. The molecular formula is C15H16FNO3S2. The zero-order valence-electron chi connectivity index (χ0n) is 12.3. The minimum atomic E-state index is -3.05. The number of fused-ring (bicyclic) bond motifs is 1. The summed E-state index contributed by atoms with van der Waals surface area (Å²) in [5.41, 5.74) is 0.621. The lowest BCUT2D eigenvalue weighted by Crippen LogP contribution is -2.37. The van der Waals surface area contributed by atoms with E-state index in [0.29, 0.717) is 22.2 Å². The van der Waals surface area contributed by atoms with Crippen LogP contribution >= 0.6 is 11.3 Å². The van der Waals surface area contributed by atoms with Crippen molar-refractivity contribution < 1.29 is 17.6 Å². The van der Waals surface area contributed by atoms with Gasteiger partial charge in [-0.3, -0.25) is 4.79 Å². The molecule has 1 amide bonds. The Labute approximate surface area is 132 Å². The summed E-state index contributed by atoms with van der Waals surface area (Å²) >= 11 is 1.25. The fourth-order valence-corrected chi connectivity index (χ4v) is 5.84. The molecule has 118 valence electrons. The second kappa shape index (κ2) is 5.31. The molecule has 0 radical (unpaired) electrons. The lowest BCUT2D eigenvalue weighted by Gasteiger charge is -2.23. The second-order valence-electron chi connectivity index (χ2n) is 5.64. The first-order valence-electron chi connectivity index (χ1n) is 6.95. The lowest BCUT2D eigenvalue weighted by molar-refractivity contribution is 0.0752. The first-order valence-corrected chi connectivity index (χ1v) is 9.59. The van der Waals surface area contributed by atoms with Crippen LogP contribution in [0.2, 0.25) is 0 Å². The SMILES string of the molecule is Cc1c(C(=O)N(C)[C@@H]2CCS(=O)(=O)C2)sc2cccc(F)c12. The molecule has 1 aromatic carbocycles. The molecule has 1 aliphatic heterocycles. The monoisotopic (exact) mass is 341 g/mol. The van der Waals surface area contributed by atoms with E-state index in [1.807, 2.05) is 0 Å². The fourth-order valence-electron chi connectivity index (χ4n) is 2.86. The van der Waals surface area contributed by atoms with Crippen LogP contribution in [0, 0.1) is 12.7 Å². The van der Waals surface area contributed by atoms with Crippen LogP contribution in [0.25, 0.3) is 10.1 Å². The normalized spacial score (nSPS) is 20.4. The number of halogens is 1. The highest BCUT2D eigenvalue weighted by molar-refractivity contribution is 7.91. The summed E-state index contributed by atoms with van der Waals surface area (Å²) < 4.78 is 37.8. The van der Waals surface area contributed by atoms with E-state index >= 15 is 0 Å². The van der Waals surface area contributed by atoms with Gasteiger partial charge < -0.3 is 4.90 Å². The van der Waals surface area contributed by atoms with Crippen LogP contribution in [-0.2, 0) is 9.84 Å². The molecule has 0 saturated carbocycles. The van der Waals surface area contributed by atoms with Crippen molar-refractivity contribution in [3.05, 3.63) is 34.5 Å². The van der Waals surface area contributed by atoms with Crippen molar-refractivity contribution in [1.82, 2.24) is 4.90 Å². The number of benzene rings is 1. The highest BCUT2D eigenvalue weighted by Crippen LogP contribution is 2.33. The third kappa shape index (κ3) is 2.52. The summed E-state index contributed by atoms with van der Waals surface area (Å²) in [4.78, 5) is 14.6. The molecule has 0 bridgehead atoms. The first-order chi connectivity index (χ1) is 10.3. The number of carbonyl (C=O) groups excluding carboxylic acids is 1. The number of aryl methyl sites for hydroxylation is 1. The lowest BCUT2D eigenvalue weighted by atomic mass is 10.1. The number of carbonyl (C=O) groups is 1. The average Bonchev–Trinajstić information content (AvgIpc) is 2.98. The van der Waals surface area contributed by atoms with Crippen molar-refractivity contribution in [3.63, 3.8) is 0 Å². The van der Waals surface area contributed by atoms with Crippen molar-refractivity contribution in [3.8, 4) is 0 Å². The maximum absolute atomic E-state index is 13.9. The van der Waals surface area contributed by atoms with Crippen LogP contribution in [0.5, 0.6) is 0 Å². The Morgan fingerprint density at radius 1 is 1.41 bits per heavy atom. The van der Waals surface area contributed by atoms with E-state index in [9.17, 15) is 17.6 Å². The Kier molecular flexibility index (Phi) is 3.72. The number of thiophene rings is 1. The van der Waals surface area contributed by atoms with E-state index in [2.05, 4.69) is 0 Å². The number of amides is 1. The molecule has 1 saturated heterocycles. The van der Waals surface area contributed by atoms with Crippen molar-refractivity contribution >= 4 is 37.2 Å². The van der Waals surface area contributed by atoms with Gasteiger partial charge in [-0.05, 0) is 31.0 Å². The summed E-state index contributed by atoms with van der Waals surface area (Å²) in [5, 5.41) is 0.475. The molecule has 0 N–H and O–H groups in total. The number of hydrogen-bond acceptors (Lipinski definition) is 4. The maximum atomic E-state index is 13.9. The van der Waals surface area contributed by atoms with Gasteiger partial charge in [0.1, 0.15) is 5.82 Å². The molecule has 3 rings (SSSR count). The highest BCUT2D eigenvalue weighted by Gasteiger charge is 2.34. The third-order valence-corrected chi connectivity index (χ3v) is 7.17. The zero-order chi connectivity index (χ0) is 16.1.